The number of hydrogen-bond donors (Lipinski definition) is 1. The van der Waals surface area contributed by atoms with Gasteiger partial charge in [-0.15, -0.1) is 11.3 Å². The summed E-state index contributed by atoms with van der Waals surface area (Å²) in [5.74, 6) is 2.41. The number of rotatable bonds is 8. The molecule has 2 heterocycles. The van der Waals surface area contributed by atoms with E-state index in [1.807, 2.05) is 41.8 Å². The fourth-order valence-electron chi connectivity index (χ4n) is 2.52. The smallest absolute Gasteiger partial charge is 0.229 e. The second-order valence-electron chi connectivity index (χ2n) is 6.26. The van der Waals surface area contributed by atoms with E-state index in [2.05, 4.69) is 15.5 Å². The molecule has 7 heteroatoms. The molecule has 1 aliphatic rings. The number of carbonyl (C=O) groups excluding carboxylic acids is 1. The summed E-state index contributed by atoms with van der Waals surface area (Å²) < 4.78 is 10.9. The highest BCUT2D eigenvalue weighted by atomic mass is 32.1. The maximum atomic E-state index is 12.0. The van der Waals surface area contributed by atoms with Crippen molar-refractivity contribution in [2.45, 2.75) is 38.2 Å². The van der Waals surface area contributed by atoms with E-state index in [-0.39, 0.29) is 12.5 Å². The molecule has 0 bridgehead atoms. The molecular formula is C19H19N3O3S. The number of carbonyl (C=O) groups is 1. The summed E-state index contributed by atoms with van der Waals surface area (Å²) in [7, 11) is 0. The molecule has 0 unspecified atom stereocenters. The second kappa shape index (κ2) is 7.70. The summed E-state index contributed by atoms with van der Waals surface area (Å²) in [6, 6.07) is 11.3. The Balaban J connectivity index is 1.24. The number of anilines is 1. The highest BCUT2D eigenvalue weighted by Gasteiger charge is 2.29. The van der Waals surface area contributed by atoms with E-state index in [0.717, 1.165) is 24.9 Å². The lowest BCUT2D eigenvalue weighted by Crippen LogP contribution is -2.11. The molecule has 1 fully saturated rings. The van der Waals surface area contributed by atoms with Crippen LogP contribution < -0.4 is 10.1 Å². The van der Waals surface area contributed by atoms with Crippen molar-refractivity contribution in [3.63, 3.8) is 0 Å². The Bertz CT molecular complexity index is 855. The van der Waals surface area contributed by atoms with Gasteiger partial charge in [0.1, 0.15) is 5.75 Å². The van der Waals surface area contributed by atoms with E-state index >= 15 is 0 Å². The van der Waals surface area contributed by atoms with Crippen molar-refractivity contribution in [2.75, 3.05) is 5.32 Å². The summed E-state index contributed by atoms with van der Waals surface area (Å²) in [5.41, 5.74) is 0.754. The topological polar surface area (TPSA) is 77.2 Å². The molecule has 1 N–H and O–H groups in total. The van der Waals surface area contributed by atoms with Crippen molar-refractivity contribution >= 4 is 22.9 Å². The van der Waals surface area contributed by atoms with Gasteiger partial charge in [-0.1, -0.05) is 11.2 Å². The van der Waals surface area contributed by atoms with Crippen molar-refractivity contribution in [3.8, 4) is 5.75 Å². The van der Waals surface area contributed by atoms with E-state index in [1.165, 1.54) is 4.88 Å². The van der Waals surface area contributed by atoms with Crippen LogP contribution in [0, 0.1) is 0 Å². The minimum Gasteiger partial charge on any atom is -0.485 e. The maximum Gasteiger partial charge on any atom is 0.229 e. The van der Waals surface area contributed by atoms with Crippen LogP contribution in [0.3, 0.4) is 0 Å². The first-order valence-electron chi connectivity index (χ1n) is 8.64. The molecule has 1 aromatic carbocycles. The summed E-state index contributed by atoms with van der Waals surface area (Å²) in [6.07, 6.45) is 3.49. The fraction of sp³-hybridized carbons (Fsp3) is 0.316. The van der Waals surface area contributed by atoms with E-state index in [4.69, 9.17) is 9.26 Å². The molecule has 1 aliphatic carbocycles. The van der Waals surface area contributed by atoms with Crippen LogP contribution in [-0.2, 0) is 17.8 Å². The number of ether oxygens (including phenoxy) is 1. The number of nitrogens with zero attached hydrogens (tertiary/aromatic N) is 2. The van der Waals surface area contributed by atoms with Crippen LogP contribution in [0.2, 0.25) is 0 Å². The Morgan fingerprint density at radius 2 is 2.12 bits per heavy atom. The second-order valence-corrected chi connectivity index (χ2v) is 7.30. The van der Waals surface area contributed by atoms with Gasteiger partial charge in [-0.3, -0.25) is 4.79 Å². The lowest BCUT2D eigenvalue weighted by Gasteiger charge is -2.07. The van der Waals surface area contributed by atoms with Crippen LogP contribution in [0.15, 0.2) is 46.3 Å². The highest BCUT2D eigenvalue weighted by molar-refractivity contribution is 7.09. The van der Waals surface area contributed by atoms with E-state index in [9.17, 15) is 4.79 Å². The van der Waals surface area contributed by atoms with Gasteiger partial charge in [-0.25, -0.2) is 0 Å². The molecule has 26 heavy (non-hydrogen) atoms. The Morgan fingerprint density at radius 3 is 2.85 bits per heavy atom. The molecule has 0 atom stereocenters. The number of nitrogens with one attached hydrogen (secondary N) is 1. The van der Waals surface area contributed by atoms with Crippen molar-refractivity contribution in [2.24, 2.45) is 0 Å². The SMILES string of the molecule is O=C(CCc1cccs1)Nc1ccc(OCc2noc(C3CC3)n2)cc1. The molecule has 0 radical (unpaired) electrons. The van der Waals surface area contributed by atoms with Gasteiger partial charge in [0, 0.05) is 22.9 Å². The first-order chi connectivity index (χ1) is 12.8. The first-order valence-corrected chi connectivity index (χ1v) is 9.52. The Hall–Kier alpha value is -2.67. The number of amides is 1. The minimum atomic E-state index is 0.00599. The number of thiophene rings is 1. The molecular weight excluding hydrogens is 350 g/mol. The maximum absolute atomic E-state index is 12.0. The normalized spacial score (nSPS) is 13.5. The molecule has 1 saturated carbocycles. The zero-order valence-corrected chi connectivity index (χ0v) is 15.0. The fourth-order valence-corrected chi connectivity index (χ4v) is 3.23. The van der Waals surface area contributed by atoms with Crippen molar-refractivity contribution in [3.05, 3.63) is 58.4 Å². The van der Waals surface area contributed by atoms with Gasteiger partial charge < -0.3 is 14.6 Å². The third-order valence-electron chi connectivity index (χ3n) is 4.09. The molecule has 2 aromatic heterocycles. The number of benzene rings is 1. The first kappa shape index (κ1) is 16.8. The Kier molecular flexibility index (Phi) is 4.97. The molecule has 0 saturated heterocycles. The molecule has 4 rings (SSSR count). The van der Waals surface area contributed by atoms with Gasteiger partial charge >= 0.3 is 0 Å². The van der Waals surface area contributed by atoms with Crippen LogP contribution >= 0.6 is 11.3 Å². The van der Waals surface area contributed by atoms with Gasteiger partial charge in [0.25, 0.3) is 0 Å². The molecule has 6 nitrogen and oxygen atoms in total. The van der Waals surface area contributed by atoms with E-state index < -0.39 is 0 Å². The van der Waals surface area contributed by atoms with Crippen LogP contribution in [0.4, 0.5) is 5.69 Å². The zero-order chi connectivity index (χ0) is 17.8. The Labute approximate surface area is 155 Å². The third kappa shape index (κ3) is 4.49. The van der Waals surface area contributed by atoms with Crippen LogP contribution in [-0.4, -0.2) is 16.0 Å². The van der Waals surface area contributed by atoms with Crippen molar-refractivity contribution in [1.29, 1.82) is 0 Å². The zero-order valence-electron chi connectivity index (χ0n) is 14.2. The van der Waals surface area contributed by atoms with E-state index in [1.54, 1.807) is 11.3 Å². The van der Waals surface area contributed by atoms with E-state index in [0.29, 0.717) is 29.8 Å². The average Bonchev–Trinajstić information content (AvgIpc) is 3.18. The molecule has 0 spiro atoms. The number of aromatic nitrogens is 2. The van der Waals surface area contributed by atoms with Gasteiger partial charge in [-0.05, 0) is 55.0 Å². The lowest BCUT2D eigenvalue weighted by atomic mass is 10.2. The van der Waals surface area contributed by atoms with Crippen molar-refractivity contribution < 1.29 is 14.1 Å². The lowest BCUT2D eigenvalue weighted by molar-refractivity contribution is -0.116. The summed E-state index contributed by atoms with van der Waals surface area (Å²) in [5, 5.41) is 8.84. The summed E-state index contributed by atoms with van der Waals surface area (Å²) >= 11 is 1.67. The molecule has 134 valence electrons. The molecule has 0 aliphatic heterocycles. The quantitative estimate of drug-likeness (QED) is 0.645. The van der Waals surface area contributed by atoms with Gasteiger partial charge in [0.05, 0.1) is 0 Å². The molecule has 3 aromatic rings. The monoisotopic (exact) mass is 369 g/mol. The third-order valence-corrected chi connectivity index (χ3v) is 5.03. The largest absolute Gasteiger partial charge is 0.485 e. The predicted octanol–water partition coefficient (Wildman–Crippen LogP) is 4.16. The summed E-state index contributed by atoms with van der Waals surface area (Å²) in [4.78, 5) is 17.5. The van der Waals surface area contributed by atoms with Crippen LogP contribution in [0.5, 0.6) is 5.75 Å². The Morgan fingerprint density at radius 1 is 1.27 bits per heavy atom. The average molecular weight is 369 g/mol. The van der Waals surface area contributed by atoms with Gasteiger partial charge in [0.15, 0.2) is 6.61 Å². The summed E-state index contributed by atoms with van der Waals surface area (Å²) in [6.45, 7) is 0.267. The number of hydrogen-bond acceptors (Lipinski definition) is 6. The standard InChI is InChI=1S/C19H19N3O3S/c23-18(10-9-16-2-1-11-26-16)20-14-5-7-15(8-6-14)24-12-17-21-19(25-22-17)13-3-4-13/h1-2,5-8,11,13H,3-4,9-10,12H2,(H,20,23). The van der Waals surface area contributed by atoms with Crippen LogP contribution in [0.1, 0.15) is 41.8 Å². The highest BCUT2D eigenvalue weighted by Crippen LogP contribution is 2.38. The van der Waals surface area contributed by atoms with Crippen molar-refractivity contribution in [1.82, 2.24) is 10.1 Å². The molecule has 1 amide bonds. The van der Waals surface area contributed by atoms with Gasteiger partial charge in [0.2, 0.25) is 17.6 Å². The van der Waals surface area contributed by atoms with Crippen LogP contribution in [0.25, 0.3) is 0 Å². The minimum absolute atomic E-state index is 0.00599. The van der Waals surface area contributed by atoms with Gasteiger partial charge in [-0.2, -0.15) is 4.98 Å². The number of aryl methyl sites for hydroxylation is 1. The predicted molar refractivity (Wildman–Crippen MR) is 98.3 cm³/mol.